The Morgan fingerprint density at radius 1 is 1.24 bits per heavy atom. The maximum atomic E-state index is 14.2. The quantitative estimate of drug-likeness (QED) is 0.582. The number of hydrogen-bond donors (Lipinski definition) is 2. The Balaban J connectivity index is 1.94. The second-order valence-electron chi connectivity index (χ2n) is 8.34. The van der Waals surface area contributed by atoms with Crippen molar-refractivity contribution in [1.29, 1.82) is 0 Å². The highest BCUT2D eigenvalue weighted by atomic mass is 32.2. The summed E-state index contributed by atoms with van der Waals surface area (Å²) in [6.07, 6.45) is 1.22. The van der Waals surface area contributed by atoms with Gasteiger partial charge in [-0.25, -0.2) is 17.1 Å². The summed E-state index contributed by atoms with van der Waals surface area (Å²) in [7, 11) is 0.403. The smallest absolute Gasteiger partial charge is 0.253 e. The SMILES string of the molecule is COc1ccc(F)c(CNc2cc(C(=O)N3CCCC(C(N)=O)C3)cc(S(=O)(=O)N(C)C)c2)c1. The molecule has 2 aromatic carbocycles. The summed E-state index contributed by atoms with van der Waals surface area (Å²) in [6.45, 7) is 0.650. The number of hydrogen-bond acceptors (Lipinski definition) is 6. The number of carbonyl (C=O) groups is 2. The van der Waals surface area contributed by atoms with Crippen molar-refractivity contribution in [2.45, 2.75) is 24.3 Å². The van der Waals surface area contributed by atoms with E-state index in [1.807, 2.05) is 0 Å². The summed E-state index contributed by atoms with van der Waals surface area (Å²) < 4.78 is 46.1. The number of amides is 2. The van der Waals surface area contributed by atoms with E-state index in [-0.39, 0.29) is 23.5 Å². The molecule has 11 heteroatoms. The van der Waals surface area contributed by atoms with Gasteiger partial charge in [0, 0.05) is 50.5 Å². The van der Waals surface area contributed by atoms with Crippen LogP contribution >= 0.6 is 0 Å². The van der Waals surface area contributed by atoms with Crippen LogP contribution in [0.2, 0.25) is 0 Å². The summed E-state index contributed by atoms with van der Waals surface area (Å²) in [6, 6.07) is 8.53. The van der Waals surface area contributed by atoms with Gasteiger partial charge in [0.2, 0.25) is 15.9 Å². The van der Waals surface area contributed by atoms with Crippen LogP contribution in [0.3, 0.4) is 0 Å². The van der Waals surface area contributed by atoms with Crippen LogP contribution in [0, 0.1) is 11.7 Å². The molecule has 2 aromatic rings. The summed E-state index contributed by atoms with van der Waals surface area (Å²) in [5.41, 5.74) is 6.21. The Morgan fingerprint density at radius 3 is 2.62 bits per heavy atom. The Labute approximate surface area is 198 Å². The molecule has 34 heavy (non-hydrogen) atoms. The van der Waals surface area contributed by atoms with Crippen molar-refractivity contribution in [1.82, 2.24) is 9.21 Å². The van der Waals surface area contributed by atoms with Crippen LogP contribution in [0.5, 0.6) is 5.75 Å². The summed E-state index contributed by atoms with van der Waals surface area (Å²) >= 11 is 0. The number of methoxy groups -OCH3 is 1. The number of carbonyl (C=O) groups excluding carboxylic acids is 2. The van der Waals surface area contributed by atoms with Gasteiger partial charge in [-0.2, -0.15) is 0 Å². The maximum Gasteiger partial charge on any atom is 0.253 e. The van der Waals surface area contributed by atoms with Gasteiger partial charge in [0.05, 0.1) is 17.9 Å². The third-order valence-electron chi connectivity index (χ3n) is 5.78. The first-order chi connectivity index (χ1) is 16.0. The number of nitrogens with zero attached hydrogens (tertiary/aromatic N) is 2. The number of nitrogens with one attached hydrogen (secondary N) is 1. The fourth-order valence-corrected chi connectivity index (χ4v) is 4.75. The molecule has 1 aliphatic rings. The highest BCUT2D eigenvalue weighted by Gasteiger charge is 2.29. The zero-order valence-electron chi connectivity index (χ0n) is 19.4. The van der Waals surface area contributed by atoms with Crippen LogP contribution in [0.15, 0.2) is 41.3 Å². The number of piperidine rings is 1. The molecule has 9 nitrogen and oxygen atoms in total. The zero-order valence-corrected chi connectivity index (χ0v) is 20.2. The molecule has 0 aromatic heterocycles. The molecule has 0 aliphatic carbocycles. The van der Waals surface area contributed by atoms with Crippen LogP contribution in [0.1, 0.15) is 28.8 Å². The van der Waals surface area contributed by atoms with Gasteiger partial charge in [0.1, 0.15) is 11.6 Å². The second kappa shape index (κ2) is 10.4. The fourth-order valence-electron chi connectivity index (χ4n) is 3.77. The van der Waals surface area contributed by atoms with E-state index in [1.165, 1.54) is 62.5 Å². The van der Waals surface area contributed by atoms with Gasteiger partial charge < -0.3 is 20.7 Å². The lowest BCUT2D eigenvalue weighted by Gasteiger charge is -2.31. The van der Waals surface area contributed by atoms with Crippen molar-refractivity contribution in [2.24, 2.45) is 11.7 Å². The fraction of sp³-hybridized carbons (Fsp3) is 0.391. The molecule has 1 heterocycles. The van der Waals surface area contributed by atoms with Gasteiger partial charge in [-0.1, -0.05) is 0 Å². The summed E-state index contributed by atoms with van der Waals surface area (Å²) in [5.74, 6) is -1.29. The van der Waals surface area contributed by atoms with Crippen molar-refractivity contribution >= 4 is 27.5 Å². The molecule has 3 rings (SSSR count). The average molecular weight is 493 g/mol. The van der Waals surface area contributed by atoms with Crippen LogP contribution < -0.4 is 15.8 Å². The largest absolute Gasteiger partial charge is 0.497 e. The minimum atomic E-state index is -3.86. The number of anilines is 1. The van der Waals surface area contributed by atoms with Crippen molar-refractivity contribution < 1.29 is 27.1 Å². The Morgan fingerprint density at radius 2 is 1.97 bits per heavy atom. The monoisotopic (exact) mass is 492 g/mol. The van der Waals surface area contributed by atoms with Gasteiger partial charge in [0.25, 0.3) is 5.91 Å². The third-order valence-corrected chi connectivity index (χ3v) is 7.57. The van der Waals surface area contributed by atoms with Crippen molar-refractivity contribution in [2.75, 3.05) is 39.6 Å². The van der Waals surface area contributed by atoms with E-state index < -0.39 is 33.6 Å². The first-order valence-electron chi connectivity index (χ1n) is 10.8. The lowest BCUT2D eigenvalue weighted by atomic mass is 9.97. The minimum absolute atomic E-state index is 0.0373. The molecule has 3 N–H and O–H groups in total. The molecule has 184 valence electrons. The number of primary amides is 1. The Bertz CT molecular complexity index is 1190. The standard InChI is InChI=1S/C23H29FN4O5S/c1-27(2)34(31,32)20-11-16(23(30)28-8-4-5-15(14-28)22(25)29)9-18(12-20)26-13-17-10-19(33-3)6-7-21(17)24/h6-7,9-12,15,26H,4-5,8,13-14H2,1-3H3,(H2,25,29). The van der Waals surface area contributed by atoms with Crippen LogP contribution in [0.4, 0.5) is 10.1 Å². The van der Waals surface area contributed by atoms with Gasteiger partial charge in [-0.3, -0.25) is 9.59 Å². The normalized spacial score (nSPS) is 16.4. The number of halogens is 1. The van der Waals surface area contributed by atoms with E-state index in [9.17, 15) is 22.4 Å². The van der Waals surface area contributed by atoms with E-state index in [4.69, 9.17) is 10.5 Å². The molecule has 1 saturated heterocycles. The molecule has 1 unspecified atom stereocenters. The molecule has 0 radical (unpaired) electrons. The second-order valence-corrected chi connectivity index (χ2v) is 10.5. The maximum absolute atomic E-state index is 14.2. The molecule has 1 fully saturated rings. The minimum Gasteiger partial charge on any atom is -0.497 e. The average Bonchev–Trinajstić information content (AvgIpc) is 2.82. The predicted molar refractivity (Wildman–Crippen MR) is 125 cm³/mol. The number of ether oxygens (including phenoxy) is 1. The van der Waals surface area contributed by atoms with Gasteiger partial charge >= 0.3 is 0 Å². The van der Waals surface area contributed by atoms with E-state index in [1.54, 1.807) is 0 Å². The molecule has 1 aliphatic heterocycles. The molecule has 0 bridgehead atoms. The Hall–Kier alpha value is -3.18. The molecule has 0 spiro atoms. The number of nitrogens with two attached hydrogens (primary N) is 1. The molecule has 1 atom stereocenters. The van der Waals surface area contributed by atoms with Gasteiger partial charge in [-0.05, 0) is 49.2 Å². The highest BCUT2D eigenvalue weighted by Crippen LogP contribution is 2.25. The van der Waals surface area contributed by atoms with Crippen LogP contribution in [-0.2, 0) is 21.4 Å². The van der Waals surface area contributed by atoms with Gasteiger partial charge in [0.15, 0.2) is 0 Å². The summed E-state index contributed by atoms with van der Waals surface area (Å²) in [4.78, 5) is 26.3. The predicted octanol–water partition coefficient (Wildman–Crippen LogP) is 2.03. The molecule has 2 amide bonds. The zero-order chi connectivity index (χ0) is 25.0. The number of rotatable bonds is 8. The molecular formula is C23H29FN4O5S. The number of benzene rings is 2. The third kappa shape index (κ3) is 5.65. The first kappa shape index (κ1) is 25.4. The van der Waals surface area contributed by atoms with Crippen LogP contribution in [-0.4, -0.2) is 63.7 Å². The van der Waals surface area contributed by atoms with Crippen molar-refractivity contribution in [3.05, 3.63) is 53.3 Å². The van der Waals surface area contributed by atoms with E-state index in [2.05, 4.69) is 5.32 Å². The van der Waals surface area contributed by atoms with E-state index in [0.717, 1.165) is 4.31 Å². The van der Waals surface area contributed by atoms with Crippen LogP contribution in [0.25, 0.3) is 0 Å². The first-order valence-corrected chi connectivity index (χ1v) is 12.2. The van der Waals surface area contributed by atoms with Crippen molar-refractivity contribution in [3.8, 4) is 5.75 Å². The number of sulfonamides is 1. The molecule has 0 saturated carbocycles. The number of likely N-dealkylation sites (tertiary alicyclic amines) is 1. The lowest BCUT2D eigenvalue weighted by molar-refractivity contribution is -0.123. The van der Waals surface area contributed by atoms with Gasteiger partial charge in [-0.15, -0.1) is 0 Å². The topological polar surface area (TPSA) is 122 Å². The van der Waals surface area contributed by atoms with Crippen molar-refractivity contribution in [3.63, 3.8) is 0 Å². The highest BCUT2D eigenvalue weighted by molar-refractivity contribution is 7.89. The molecular weight excluding hydrogens is 463 g/mol. The van der Waals surface area contributed by atoms with E-state index in [0.29, 0.717) is 36.4 Å². The Kier molecular flexibility index (Phi) is 7.78. The van der Waals surface area contributed by atoms with E-state index >= 15 is 0 Å². The lowest BCUT2D eigenvalue weighted by Crippen LogP contribution is -2.44. The summed E-state index contributed by atoms with van der Waals surface area (Å²) in [5, 5.41) is 3.01.